The summed E-state index contributed by atoms with van der Waals surface area (Å²) in [7, 11) is 1.35. The predicted octanol–water partition coefficient (Wildman–Crippen LogP) is 4.24. The van der Waals surface area contributed by atoms with Crippen LogP contribution in [0.2, 0.25) is 0 Å². The second kappa shape index (κ2) is 6.40. The first-order chi connectivity index (χ1) is 11.5. The summed E-state index contributed by atoms with van der Waals surface area (Å²) in [6, 6.07) is 7.70. The minimum atomic E-state index is -0.971. The Hall–Kier alpha value is -2.74. The molecule has 0 saturated heterocycles. The van der Waals surface area contributed by atoms with Gasteiger partial charge in [-0.1, -0.05) is 12.1 Å². The van der Waals surface area contributed by atoms with Crippen LogP contribution in [0.1, 0.15) is 10.6 Å². The Morgan fingerprint density at radius 2 is 2.12 bits per heavy atom. The highest BCUT2D eigenvalue weighted by Gasteiger charge is 2.20. The van der Waals surface area contributed by atoms with Crippen molar-refractivity contribution in [3.05, 3.63) is 56.8 Å². The Morgan fingerprint density at radius 1 is 1.33 bits per heavy atom. The first-order valence-corrected chi connectivity index (χ1v) is 7.81. The molecule has 3 rings (SSSR count). The Balaban J connectivity index is 1.93. The van der Waals surface area contributed by atoms with Gasteiger partial charge in [-0.3, -0.25) is 10.1 Å². The van der Waals surface area contributed by atoms with Gasteiger partial charge in [-0.05, 0) is 13.0 Å². The minimum absolute atomic E-state index is 0.0970. The lowest BCUT2D eigenvalue weighted by atomic mass is 10.2. The number of halogens is 1. The lowest BCUT2D eigenvalue weighted by molar-refractivity contribution is -0.387. The molecule has 8 heteroatoms. The fraction of sp³-hybridized carbons (Fsp3) is 0.188. The molecule has 0 fully saturated rings. The van der Waals surface area contributed by atoms with Crippen LogP contribution in [0, 0.1) is 22.9 Å². The molecule has 0 bridgehead atoms. The fourth-order valence-corrected chi connectivity index (χ4v) is 3.20. The van der Waals surface area contributed by atoms with E-state index in [1.165, 1.54) is 7.11 Å². The molecular weight excluding hydrogens is 335 g/mol. The van der Waals surface area contributed by atoms with Crippen LogP contribution >= 0.6 is 11.3 Å². The number of ether oxygens (including phenoxy) is 2. The van der Waals surface area contributed by atoms with Crippen molar-refractivity contribution in [1.29, 1.82) is 0 Å². The number of hydrogen-bond acceptors (Lipinski definition) is 6. The minimum Gasteiger partial charge on any atom is -0.493 e. The van der Waals surface area contributed by atoms with Crippen LogP contribution in [0.5, 0.6) is 11.5 Å². The van der Waals surface area contributed by atoms with Gasteiger partial charge in [-0.15, -0.1) is 11.3 Å². The molecule has 0 aliphatic rings. The van der Waals surface area contributed by atoms with E-state index in [9.17, 15) is 14.5 Å². The second-order valence-corrected chi connectivity index (χ2v) is 6.23. The molecule has 1 aromatic heterocycles. The van der Waals surface area contributed by atoms with Crippen LogP contribution in [-0.4, -0.2) is 17.0 Å². The maximum absolute atomic E-state index is 13.7. The number of nitrogens with zero attached hydrogens (tertiary/aromatic N) is 2. The standard InChI is InChI=1S/C16H13FN2O4S/c1-9-18-16-10(4-3-5-15(16)24-9)8-23-14-7-12(19(20)21)11(17)6-13(14)22-2/h3-7H,8H2,1-2H3. The van der Waals surface area contributed by atoms with Gasteiger partial charge in [0.05, 0.1) is 33.3 Å². The zero-order valence-electron chi connectivity index (χ0n) is 12.9. The van der Waals surface area contributed by atoms with Gasteiger partial charge in [-0.2, -0.15) is 4.39 Å². The molecule has 3 aromatic rings. The van der Waals surface area contributed by atoms with Crippen LogP contribution in [0.3, 0.4) is 0 Å². The Bertz CT molecular complexity index is 926. The van der Waals surface area contributed by atoms with Crippen molar-refractivity contribution in [1.82, 2.24) is 4.98 Å². The van der Waals surface area contributed by atoms with Crippen molar-refractivity contribution in [2.45, 2.75) is 13.5 Å². The Morgan fingerprint density at radius 3 is 2.83 bits per heavy atom. The number of nitro groups is 1. The summed E-state index contributed by atoms with van der Waals surface area (Å²) in [5.41, 5.74) is 1.01. The quantitative estimate of drug-likeness (QED) is 0.509. The van der Waals surface area contributed by atoms with E-state index < -0.39 is 16.4 Å². The SMILES string of the molecule is COc1cc(F)c([N+](=O)[O-])cc1OCc1cccc2sc(C)nc12. The summed E-state index contributed by atoms with van der Waals surface area (Å²) in [5, 5.41) is 11.8. The van der Waals surface area contributed by atoms with Crippen molar-refractivity contribution < 1.29 is 18.8 Å². The zero-order chi connectivity index (χ0) is 17.3. The molecule has 0 spiro atoms. The van der Waals surface area contributed by atoms with Gasteiger partial charge in [0.15, 0.2) is 11.5 Å². The molecule has 0 N–H and O–H groups in total. The molecule has 124 valence electrons. The largest absolute Gasteiger partial charge is 0.493 e. The number of methoxy groups -OCH3 is 1. The number of aromatic nitrogens is 1. The highest BCUT2D eigenvalue weighted by Crippen LogP contribution is 2.34. The molecule has 0 atom stereocenters. The second-order valence-electron chi connectivity index (χ2n) is 5.00. The van der Waals surface area contributed by atoms with Gasteiger partial charge >= 0.3 is 5.69 Å². The van der Waals surface area contributed by atoms with Crippen molar-refractivity contribution in [2.75, 3.05) is 7.11 Å². The topological polar surface area (TPSA) is 74.5 Å². The van der Waals surface area contributed by atoms with Crippen LogP contribution in [0.25, 0.3) is 10.2 Å². The number of para-hydroxylation sites is 1. The number of fused-ring (bicyclic) bond motifs is 1. The number of hydrogen-bond donors (Lipinski definition) is 0. The monoisotopic (exact) mass is 348 g/mol. The van der Waals surface area contributed by atoms with E-state index in [2.05, 4.69) is 4.98 Å². The van der Waals surface area contributed by atoms with E-state index in [1.54, 1.807) is 11.3 Å². The summed E-state index contributed by atoms with van der Waals surface area (Å²) in [6.07, 6.45) is 0. The third-order valence-corrected chi connectivity index (χ3v) is 4.36. The van der Waals surface area contributed by atoms with Crippen LogP contribution in [0.15, 0.2) is 30.3 Å². The molecule has 0 aliphatic heterocycles. The number of nitro benzene ring substituents is 1. The molecule has 0 saturated carbocycles. The summed E-state index contributed by atoms with van der Waals surface area (Å²) in [5.74, 6) is -0.768. The maximum Gasteiger partial charge on any atom is 0.308 e. The zero-order valence-corrected chi connectivity index (χ0v) is 13.7. The molecule has 0 aliphatic carbocycles. The lowest BCUT2D eigenvalue weighted by Gasteiger charge is -2.11. The average Bonchev–Trinajstić information content (AvgIpc) is 2.93. The van der Waals surface area contributed by atoms with Crippen molar-refractivity contribution in [3.63, 3.8) is 0 Å². The fourth-order valence-electron chi connectivity index (χ4n) is 2.33. The third kappa shape index (κ3) is 3.00. The Labute approximate surface area is 140 Å². The van der Waals surface area contributed by atoms with E-state index in [0.717, 1.165) is 32.9 Å². The van der Waals surface area contributed by atoms with E-state index in [4.69, 9.17) is 9.47 Å². The average molecular weight is 348 g/mol. The van der Waals surface area contributed by atoms with E-state index in [-0.39, 0.29) is 18.1 Å². The van der Waals surface area contributed by atoms with Crippen molar-refractivity contribution >= 4 is 27.2 Å². The van der Waals surface area contributed by atoms with Crippen molar-refractivity contribution in [3.8, 4) is 11.5 Å². The maximum atomic E-state index is 13.7. The summed E-state index contributed by atoms with van der Waals surface area (Å²) in [6.45, 7) is 2.06. The Kier molecular flexibility index (Phi) is 4.30. The lowest BCUT2D eigenvalue weighted by Crippen LogP contribution is -2.01. The molecule has 2 aromatic carbocycles. The number of rotatable bonds is 5. The molecule has 24 heavy (non-hydrogen) atoms. The van der Waals surface area contributed by atoms with E-state index in [1.807, 2.05) is 25.1 Å². The summed E-state index contributed by atoms with van der Waals surface area (Å²) >= 11 is 1.57. The first kappa shape index (κ1) is 16.1. The molecule has 1 heterocycles. The molecular formula is C16H13FN2O4S. The number of benzene rings is 2. The van der Waals surface area contributed by atoms with Gasteiger partial charge in [0.2, 0.25) is 5.82 Å². The highest BCUT2D eigenvalue weighted by atomic mass is 32.1. The smallest absolute Gasteiger partial charge is 0.308 e. The summed E-state index contributed by atoms with van der Waals surface area (Å²) in [4.78, 5) is 14.6. The number of thiazole rings is 1. The van der Waals surface area contributed by atoms with Crippen molar-refractivity contribution in [2.24, 2.45) is 0 Å². The normalized spacial score (nSPS) is 10.8. The third-order valence-electron chi connectivity index (χ3n) is 3.42. The first-order valence-electron chi connectivity index (χ1n) is 6.99. The van der Waals surface area contributed by atoms with Gasteiger partial charge in [-0.25, -0.2) is 4.98 Å². The van der Waals surface area contributed by atoms with Crippen LogP contribution in [0.4, 0.5) is 10.1 Å². The van der Waals surface area contributed by atoms with E-state index in [0.29, 0.717) is 0 Å². The van der Waals surface area contributed by atoms with Gasteiger partial charge in [0.25, 0.3) is 0 Å². The van der Waals surface area contributed by atoms with Gasteiger partial charge < -0.3 is 9.47 Å². The van der Waals surface area contributed by atoms with E-state index >= 15 is 0 Å². The molecule has 0 unspecified atom stereocenters. The van der Waals surface area contributed by atoms with Gasteiger partial charge in [0, 0.05) is 11.6 Å². The highest BCUT2D eigenvalue weighted by molar-refractivity contribution is 7.18. The molecule has 0 radical (unpaired) electrons. The van der Waals surface area contributed by atoms with Gasteiger partial charge in [0.1, 0.15) is 6.61 Å². The van der Waals surface area contributed by atoms with Crippen LogP contribution < -0.4 is 9.47 Å². The number of aryl methyl sites for hydroxylation is 1. The summed E-state index contributed by atoms with van der Waals surface area (Å²) < 4.78 is 25.4. The predicted molar refractivity (Wildman–Crippen MR) is 88.3 cm³/mol. The molecule has 0 amide bonds. The van der Waals surface area contributed by atoms with Crippen LogP contribution in [-0.2, 0) is 6.61 Å². The molecule has 6 nitrogen and oxygen atoms in total.